The van der Waals surface area contributed by atoms with Crippen LogP contribution >= 0.6 is 11.6 Å². The Labute approximate surface area is 124 Å². The third-order valence-electron chi connectivity index (χ3n) is 2.97. The maximum Gasteiger partial charge on any atom is 0.177 e. The molecule has 1 heterocycles. The van der Waals surface area contributed by atoms with Crippen LogP contribution in [0.5, 0.6) is 0 Å². The molecule has 1 aromatic carbocycles. The van der Waals surface area contributed by atoms with Crippen LogP contribution in [0.25, 0.3) is 11.0 Å². The van der Waals surface area contributed by atoms with Crippen molar-refractivity contribution in [3.8, 4) is 0 Å². The largest absolute Gasteiger partial charge is 0.326 e. The van der Waals surface area contributed by atoms with Crippen molar-refractivity contribution in [1.82, 2.24) is 9.55 Å². The van der Waals surface area contributed by atoms with Crippen molar-refractivity contribution in [1.29, 1.82) is 0 Å². The predicted octanol–water partition coefficient (Wildman–Crippen LogP) is 3.22. The summed E-state index contributed by atoms with van der Waals surface area (Å²) in [5, 5.41) is 0. The molecule has 0 fully saturated rings. The molecule has 2 rings (SSSR count). The lowest BCUT2D eigenvalue weighted by Gasteiger charge is -2.20. The number of hydrogen-bond donors (Lipinski definition) is 0. The van der Waals surface area contributed by atoms with Crippen LogP contribution in [0.3, 0.4) is 0 Å². The third-order valence-corrected chi connectivity index (χ3v) is 4.34. The van der Waals surface area contributed by atoms with Crippen LogP contribution < -0.4 is 0 Å². The number of hydrogen-bond acceptors (Lipinski definition) is 3. The van der Waals surface area contributed by atoms with Crippen molar-refractivity contribution in [3.05, 3.63) is 24.0 Å². The maximum absolute atomic E-state index is 11.9. The molecule has 0 aliphatic carbocycles. The number of imidazole rings is 1. The topological polar surface area (TPSA) is 52.0 Å². The molecule has 0 saturated heterocycles. The normalized spacial score (nSPS) is 13.1. The zero-order chi connectivity index (χ0) is 15.1. The van der Waals surface area contributed by atoms with E-state index in [1.165, 1.54) is 6.26 Å². The number of halogens is 1. The van der Waals surface area contributed by atoms with Crippen molar-refractivity contribution in [2.24, 2.45) is 5.41 Å². The summed E-state index contributed by atoms with van der Waals surface area (Å²) in [5.74, 6) is 0.959. The van der Waals surface area contributed by atoms with Crippen LogP contribution in [0.2, 0.25) is 0 Å². The van der Waals surface area contributed by atoms with Gasteiger partial charge in [0.15, 0.2) is 9.84 Å². The van der Waals surface area contributed by atoms with Gasteiger partial charge in [0.25, 0.3) is 0 Å². The Kier molecular flexibility index (Phi) is 3.86. The number of benzene rings is 1. The highest BCUT2D eigenvalue weighted by Crippen LogP contribution is 2.27. The van der Waals surface area contributed by atoms with Crippen molar-refractivity contribution in [3.63, 3.8) is 0 Å². The third kappa shape index (κ3) is 2.99. The van der Waals surface area contributed by atoms with Gasteiger partial charge < -0.3 is 4.57 Å². The first-order valence-corrected chi connectivity index (χ1v) is 8.80. The average molecular weight is 315 g/mol. The van der Waals surface area contributed by atoms with Gasteiger partial charge in [-0.15, -0.1) is 11.6 Å². The van der Waals surface area contributed by atoms with Crippen LogP contribution in [0.1, 0.15) is 26.6 Å². The number of rotatable bonds is 3. The first-order chi connectivity index (χ1) is 9.13. The van der Waals surface area contributed by atoms with Gasteiger partial charge in [-0.1, -0.05) is 26.8 Å². The van der Waals surface area contributed by atoms with Crippen LogP contribution in [0.4, 0.5) is 0 Å². The molecule has 0 amide bonds. The Hall–Kier alpha value is -1.07. The minimum absolute atomic E-state index is 0.0511. The van der Waals surface area contributed by atoms with Crippen molar-refractivity contribution >= 4 is 32.5 Å². The smallest absolute Gasteiger partial charge is 0.177 e. The fourth-order valence-electron chi connectivity index (χ4n) is 2.22. The van der Waals surface area contributed by atoms with E-state index >= 15 is 0 Å². The molecule has 0 unspecified atom stereocenters. The zero-order valence-electron chi connectivity index (χ0n) is 12.1. The highest BCUT2D eigenvalue weighted by molar-refractivity contribution is 7.91. The standard InChI is InChI=1S/C14H19ClN2O2S/c1-14(2,3)9-17-10-6-5-7-11(20(4,18)19)13(10)16-12(17)8-15/h5-7H,8-9H2,1-4H3. The predicted molar refractivity (Wildman–Crippen MR) is 81.9 cm³/mol. The number of alkyl halides is 1. The Morgan fingerprint density at radius 2 is 1.95 bits per heavy atom. The van der Waals surface area contributed by atoms with Gasteiger partial charge >= 0.3 is 0 Å². The van der Waals surface area contributed by atoms with E-state index in [-0.39, 0.29) is 16.2 Å². The Morgan fingerprint density at radius 1 is 1.30 bits per heavy atom. The van der Waals surface area contributed by atoms with Gasteiger partial charge in [0.1, 0.15) is 11.3 Å². The number of aromatic nitrogens is 2. The molecule has 4 nitrogen and oxygen atoms in total. The van der Waals surface area contributed by atoms with Gasteiger partial charge in [-0.05, 0) is 17.5 Å². The van der Waals surface area contributed by atoms with Gasteiger partial charge in [0.2, 0.25) is 0 Å². The molecule has 0 aliphatic heterocycles. The second-order valence-electron chi connectivity index (χ2n) is 6.20. The highest BCUT2D eigenvalue weighted by atomic mass is 35.5. The van der Waals surface area contributed by atoms with Crippen molar-refractivity contribution in [2.45, 2.75) is 38.1 Å². The Bertz CT molecular complexity index is 742. The lowest BCUT2D eigenvalue weighted by atomic mass is 9.97. The zero-order valence-corrected chi connectivity index (χ0v) is 13.7. The lowest BCUT2D eigenvalue weighted by molar-refractivity contribution is 0.344. The first-order valence-electron chi connectivity index (χ1n) is 6.37. The second kappa shape index (κ2) is 5.04. The molecule has 0 bridgehead atoms. The quantitative estimate of drug-likeness (QED) is 0.817. The molecule has 0 saturated carbocycles. The van der Waals surface area contributed by atoms with Gasteiger partial charge in [0.05, 0.1) is 16.3 Å². The van der Waals surface area contributed by atoms with E-state index in [2.05, 4.69) is 25.8 Å². The molecule has 1 aromatic heterocycles. The molecular weight excluding hydrogens is 296 g/mol. The van der Waals surface area contributed by atoms with Gasteiger partial charge in [-0.2, -0.15) is 0 Å². The summed E-state index contributed by atoms with van der Waals surface area (Å²) in [5.41, 5.74) is 1.38. The Morgan fingerprint density at radius 3 is 2.45 bits per heavy atom. The number of fused-ring (bicyclic) bond motifs is 1. The SMILES string of the molecule is CC(C)(C)Cn1c(CCl)nc2c(S(C)(=O)=O)cccc21. The van der Waals surface area contributed by atoms with Crippen molar-refractivity contribution in [2.75, 3.05) is 6.26 Å². The summed E-state index contributed by atoms with van der Waals surface area (Å²) in [4.78, 5) is 4.69. The van der Waals surface area contributed by atoms with E-state index in [0.29, 0.717) is 11.3 Å². The summed E-state index contributed by atoms with van der Waals surface area (Å²) >= 11 is 5.97. The highest BCUT2D eigenvalue weighted by Gasteiger charge is 2.21. The van der Waals surface area contributed by atoms with Crippen LogP contribution in [-0.2, 0) is 22.3 Å². The molecule has 6 heteroatoms. The lowest BCUT2D eigenvalue weighted by Crippen LogP contribution is -2.17. The van der Waals surface area contributed by atoms with Crippen molar-refractivity contribution < 1.29 is 8.42 Å². The van der Waals surface area contributed by atoms with E-state index in [1.807, 2.05) is 10.6 Å². The molecule has 0 aliphatic rings. The average Bonchev–Trinajstić information content (AvgIpc) is 2.64. The molecule has 20 heavy (non-hydrogen) atoms. The molecule has 0 atom stereocenters. The van der Waals surface area contributed by atoms with Gasteiger partial charge in [-0.3, -0.25) is 0 Å². The van der Waals surface area contributed by atoms with E-state index < -0.39 is 9.84 Å². The monoisotopic (exact) mass is 314 g/mol. The summed E-state index contributed by atoms with van der Waals surface area (Å²) in [6.45, 7) is 7.10. The van der Waals surface area contributed by atoms with E-state index in [0.717, 1.165) is 12.1 Å². The van der Waals surface area contributed by atoms with E-state index in [9.17, 15) is 8.42 Å². The van der Waals surface area contributed by atoms with E-state index in [1.54, 1.807) is 12.1 Å². The molecule has 0 N–H and O–H groups in total. The fourth-order valence-corrected chi connectivity index (χ4v) is 3.25. The number of para-hydroxylation sites is 1. The molecular formula is C14H19ClN2O2S. The minimum atomic E-state index is -3.30. The summed E-state index contributed by atoms with van der Waals surface area (Å²) in [6, 6.07) is 5.22. The number of nitrogens with zero attached hydrogens (tertiary/aromatic N) is 2. The maximum atomic E-state index is 11.9. The van der Waals surface area contributed by atoms with Crippen LogP contribution in [-0.4, -0.2) is 24.2 Å². The number of sulfone groups is 1. The molecule has 2 aromatic rings. The van der Waals surface area contributed by atoms with Gasteiger partial charge in [0, 0.05) is 12.8 Å². The first kappa shape index (κ1) is 15.3. The Balaban J connectivity index is 2.76. The van der Waals surface area contributed by atoms with Crippen LogP contribution in [0, 0.1) is 5.41 Å². The minimum Gasteiger partial charge on any atom is -0.326 e. The fraction of sp³-hybridized carbons (Fsp3) is 0.500. The summed E-state index contributed by atoms with van der Waals surface area (Å²) < 4.78 is 25.7. The van der Waals surface area contributed by atoms with Crippen LogP contribution in [0.15, 0.2) is 23.1 Å². The molecule has 110 valence electrons. The van der Waals surface area contributed by atoms with Gasteiger partial charge in [-0.25, -0.2) is 13.4 Å². The summed E-state index contributed by atoms with van der Waals surface area (Å²) in [7, 11) is -3.30. The summed E-state index contributed by atoms with van der Waals surface area (Å²) in [6.07, 6.45) is 1.20. The molecule has 0 radical (unpaired) electrons. The second-order valence-corrected chi connectivity index (χ2v) is 8.46. The van der Waals surface area contributed by atoms with E-state index in [4.69, 9.17) is 11.6 Å². The molecule has 0 spiro atoms.